The SMILES string of the molecule is Cc1ccc(S(=O)(=O)N(CC(=O)N(Cc2ccc(Cl)cc2)[C@H](C)C(=O)NCC(C)C)c2cc(C)cc(C)c2)cc1. The fourth-order valence-corrected chi connectivity index (χ4v) is 5.81. The van der Waals surface area contributed by atoms with Crippen molar-refractivity contribution in [3.8, 4) is 0 Å². The zero-order valence-corrected chi connectivity index (χ0v) is 25.5. The Balaban J connectivity index is 2.04. The largest absolute Gasteiger partial charge is 0.354 e. The van der Waals surface area contributed by atoms with E-state index in [1.165, 1.54) is 17.0 Å². The van der Waals surface area contributed by atoms with Crippen molar-refractivity contribution < 1.29 is 18.0 Å². The molecule has 0 aliphatic rings. The zero-order valence-electron chi connectivity index (χ0n) is 23.9. The van der Waals surface area contributed by atoms with Gasteiger partial charge in [-0.15, -0.1) is 0 Å². The van der Waals surface area contributed by atoms with E-state index >= 15 is 0 Å². The molecule has 1 N–H and O–H groups in total. The molecule has 0 aliphatic heterocycles. The Labute approximate surface area is 243 Å². The number of rotatable bonds is 11. The van der Waals surface area contributed by atoms with Crippen molar-refractivity contribution in [2.45, 2.75) is 59.0 Å². The summed E-state index contributed by atoms with van der Waals surface area (Å²) in [4.78, 5) is 28.6. The molecule has 9 heteroatoms. The van der Waals surface area contributed by atoms with E-state index < -0.39 is 28.5 Å². The van der Waals surface area contributed by atoms with Crippen LogP contribution in [0.15, 0.2) is 71.6 Å². The van der Waals surface area contributed by atoms with Crippen LogP contribution >= 0.6 is 11.6 Å². The molecule has 3 rings (SSSR count). The predicted molar refractivity (Wildman–Crippen MR) is 161 cm³/mol. The second kappa shape index (κ2) is 13.3. The Bertz CT molecular complexity index is 1420. The van der Waals surface area contributed by atoms with Crippen LogP contribution in [0.4, 0.5) is 5.69 Å². The Morgan fingerprint density at radius 2 is 1.43 bits per heavy atom. The van der Waals surface area contributed by atoms with E-state index in [0.29, 0.717) is 17.3 Å². The fourth-order valence-electron chi connectivity index (χ4n) is 4.28. The summed E-state index contributed by atoms with van der Waals surface area (Å²) < 4.78 is 29.1. The van der Waals surface area contributed by atoms with Crippen LogP contribution in [0, 0.1) is 26.7 Å². The number of anilines is 1. The van der Waals surface area contributed by atoms with Gasteiger partial charge in [-0.2, -0.15) is 0 Å². The Hall–Kier alpha value is -3.36. The summed E-state index contributed by atoms with van der Waals surface area (Å²) in [6.07, 6.45) is 0. The average molecular weight is 584 g/mol. The first kappa shape index (κ1) is 31.2. The van der Waals surface area contributed by atoms with Gasteiger partial charge in [0, 0.05) is 18.1 Å². The molecule has 0 heterocycles. The van der Waals surface area contributed by atoms with Crippen LogP contribution in [0.1, 0.15) is 43.0 Å². The molecule has 2 amide bonds. The van der Waals surface area contributed by atoms with Crippen LogP contribution < -0.4 is 9.62 Å². The Morgan fingerprint density at radius 3 is 1.98 bits per heavy atom. The molecular formula is C31H38ClN3O4S. The van der Waals surface area contributed by atoms with Crippen molar-refractivity contribution in [1.82, 2.24) is 10.2 Å². The minimum Gasteiger partial charge on any atom is -0.354 e. The lowest BCUT2D eigenvalue weighted by Crippen LogP contribution is -2.51. The smallest absolute Gasteiger partial charge is 0.264 e. The van der Waals surface area contributed by atoms with Gasteiger partial charge in [-0.1, -0.05) is 61.3 Å². The van der Waals surface area contributed by atoms with E-state index in [4.69, 9.17) is 11.6 Å². The Morgan fingerprint density at radius 1 is 0.850 bits per heavy atom. The molecule has 214 valence electrons. The molecule has 3 aromatic rings. The number of hydrogen-bond acceptors (Lipinski definition) is 4. The summed E-state index contributed by atoms with van der Waals surface area (Å²) in [5.41, 5.74) is 3.80. The highest BCUT2D eigenvalue weighted by atomic mass is 35.5. The minimum atomic E-state index is -4.11. The summed E-state index contributed by atoms with van der Waals surface area (Å²) in [6, 6.07) is 18.1. The van der Waals surface area contributed by atoms with Gasteiger partial charge in [0.25, 0.3) is 10.0 Å². The molecule has 0 spiro atoms. The lowest BCUT2D eigenvalue weighted by atomic mass is 10.1. The first-order valence-electron chi connectivity index (χ1n) is 13.3. The van der Waals surface area contributed by atoms with E-state index in [-0.39, 0.29) is 23.3 Å². The van der Waals surface area contributed by atoms with Gasteiger partial charge >= 0.3 is 0 Å². The summed E-state index contributed by atoms with van der Waals surface area (Å²) in [5, 5.41) is 3.44. The molecule has 0 radical (unpaired) electrons. The zero-order chi connectivity index (χ0) is 29.6. The number of hydrogen-bond donors (Lipinski definition) is 1. The first-order valence-corrected chi connectivity index (χ1v) is 15.1. The number of aryl methyl sites for hydroxylation is 3. The Kier molecular flexibility index (Phi) is 10.4. The number of benzene rings is 3. The topological polar surface area (TPSA) is 86.8 Å². The standard InChI is InChI=1S/C31H38ClN3O4S/c1-21(2)18-33-31(37)25(6)34(19-26-9-11-27(32)12-10-26)30(36)20-35(28-16-23(4)15-24(5)17-28)40(38,39)29-13-7-22(3)8-14-29/h7-17,21,25H,18-20H2,1-6H3,(H,33,37)/t25-/m1/s1. The van der Waals surface area contributed by atoms with Crippen molar-refractivity contribution >= 4 is 39.1 Å². The van der Waals surface area contributed by atoms with Gasteiger partial charge in [0.05, 0.1) is 10.6 Å². The van der Waals surface area contributed by atoms with Crippen molar-refractivity contribution in [1.29, 1.82) is 0 Å². The van der Waals surface area contributed by atoms with E-state index in [9.17, 15) is 18.0 Å². The second-order valence-corrected chi connectivity index (χ2v) is 12.9. The molecule has 1 atom stereocenters. The molecule has 0 unspecified atom stereocenters. The second-order valence-electron chi connectivity index (χ2n) is 10.6. The molecule has 0 saturated carbocycles. The molecule has 0 aliphatic carbocycles. The van der Waals surface area contributed by atoms with Crippen LogP contribution in [0.25, 0.3) is 0 Å². The number of halogens is 1. The van der Waals surface area contributed by atoms with Crippen molar-refractivity contribution in [2.75, 3.05) is 17.4 Å². The molecule has 3 aromatic carbocycles. The third-order valence-electron chi connectivity index (χ3n) is 6.50. The summed E-state index contributed by atoms with van der Waals surface area (Å²) in [6.45, 7) is 11.3. The van der Waals surface area contributed by atoms with Gasteiger partial charge in [0.2, 0.25) is 11.8 Å². The number of amides is 2. The number of nitrogens with zero attached hydrogens (tertiary/aromatic N) is 2. The van der Waals surface area contributed by atoms with Gasteiger partial charge in [-0.3, -0.25) is 13.9 Å². The summed E-state index contributed by atoms with van der Waals surface area (Å²) in [5.74, 6) is -0.580. The maximum absolute atomic E-state index is 14.0. The van der Waals surface area contributed by atoms with E-state index in [2.05, 4.69) is 5.32 Å². The van der Waals surface area contributed by atoms with E-state index in [1.807, 2.05) is 40.7 Å². The highest BCUT2D eigenvalue weighted by Gasteiger charge is 2.32. The summed E-state index contributed by atoms with van der Waals surface area (Å²) in [7, 11) is -4.11. The number of carbonyl (C=O) groups excluding carboxylic acids is 2. The lowest BCUT2D eigenvalue weighted by molar-refractivity contribution is -0.139. The van der Waals surface area contributed by atoms with Gasteiger partial charge in [0.15, 0.2) is 0 Å². The van der Waals surface area contributed by atoms with Crippen molar-refractivity contribution in [3.63, 3.8) is 0 Å². The maximum atomic E-state index is 14.0. The third-order valence-corrected chi connectivity index (χ3v) is 8.54. The molecule has 40 heavy (non-hydrogen) atoms. The van der Waals surface area contributed by atoms with Gasteiger partial charge < -0.3 is 10.2 Å². The molecule has 7 nitrogen and oxygen atoms in total. The van der Waals surface area contributed by atoms with Gasteiger partial charge in [-0.05, 0) is 86.7 Å². The van der Waals surface area contributed by atoms with Gasteiger partial charge in [0.1, 0.15) is 12.6 Å². The first-order chi connectivity index (χ1) is 18.8. The quantitative estimate of drug-likeness (QED) is 0.316. The molecule has 0 saturated heterocycles. The highest BCUT2D eigenvalue weighted by Crippen LogP contribution is 2.27. The van der Waals surface area contributed by atoms with E-state index in [0.717, 1.165) is 26.6 Å². The van der Waals surface area contributed by atoms with Crippen LogP contribution in [0.2, 0.25) is 5.02 Å². The van der Waals surface area contributed by atoms with Crippen LogP contribution in [0.5, 0.6) is 0 Å². The van der Waals surface area contributed by atoms with E-state index in [1.54, 1.807) is 55.5 Å². The van der Waals surface area contributed by atoms with Crippen molar-refractivity contribution in [3.05, 3.63) is 94.0 Å². The number of carbonyl (C=O) groups is 2. The van der Waals surface area contributed by atoms with Crippen LogP contribution in [-0.4, -0.2) is 44.3 Å². The molecule has 0 aromatic heterocycles. The molecular weight excluding hydrogens is 546 g/mol. The van der Waals surface area contributed by atoms with Gasteiger partial charge in [-0.25, -0.2) is 8.42 Å². The average Bonchev–Trinajstić information content (AvgIpc) is 2.89. The minimum absolute atomic E-state index is 0.0806. The lowest BCUT2D eigenvalue weighted by Gasteiger charge is -2.32. The molecule has 0 fully saturated rings. The normalized spacial score (nSPS) is 12.2. The fraction of sp³-hybridized carbons (Fsp3) is 0.355. The van der Waals surface area contributed by atoms with Crippen molar-refractivity contribution in [2.24, 2.45) is 5.92 Å². The molecule has 0 bridgehead atoms. The predicted octanol–water partition coefficient (Wildman–Crippen LogP) is 5.65. The monoisotopic (exact) mass is 583 g/mol. The highest BCUT2D eigenvalue weighted by molar-refractivity contribution is 7.92. The summed E-state index contributed by atoms with van der Waals surface area (Å²) >= 11 is 6.06. The third kappa shape index (κ3) is 8.08. The number of sulfonamides is 1. The van der Waals surface area contributed by atoms with Crippen LogP contribution in [0.3, 0.4) is 0 Å². The maximum Gasteiger partial charge on any atom is 0.264 e. The number of nitrogens with one attached hydrogen (secondary N) is 1. The van der Waals surface area contributed by atoms with Crippen LogP contribution in [-0.2, 0) is 26.2 Å².